The number of carboxylic acids is 1. The quantitative estimate of drug-likeness (QED) is 0.545. The van der Waals surface area contributed by atoms with Gasteiger partial charge in [0.15, 0.2) is 0 Å². The van der Waals surface area contributed by atoms with E-state index < -0.39 is 59.0 Å². The standard InChI is InChI=1S/C24H25F3N2O5.C2H6.CH4O/c1-24(2,3)34-23(33)29(10-14-7-8-16(25)9-19(14)26)13-20(30)28-11-15(12-28)17-5-4-6-18(21(17)27)22(31)32;2*1-2/h4-9,15H,10-13H2,1-3H3,(H,31,32);1-2H3;2H,1H3. The molecule has 0 spiro atoms. The molecule has 0 unspecified atom stereocenters. The molecule has 3 rings (SSSR count). The summed E-state index contributed by atoms with van der Waals surface area (Å²) >= 11 is 0. The minimum absolute atomic E-state index is 0.00843. The monoisotopic (exact) mass is 540 g/mol. The summed E-state index contributed by atoms with van der Waals surface area (Å²) in [5.74, 6) is -4.72. The Balaban J connectivity index is 0.00000172. The third kappa shape index (κ3) is 8.76. The highest BCUT2D eigenvalue weighted by Crippen LogP contribution is 2.30. The number of aromatic carboxylic acids is 1. The van der Waals surface area contributed by atoms with E-state index in [2.05, 4.69) is 0 Å². The Bertz CT molecular complexity index is 1110. The molecule has 1 aliphatic rings. The van der Waals surface area contributed by atoms with Crippen molar-refractivity contribution in [1.29, 1.82) is 0 Å². The molecule has 2 amide bonds. The number of hydrogen-bond donors (Lipinski definition) is 2. The zero-order valence-electron chi connectivity index (χ0n) is 22.4. The van der Waals surface area contributed by atoms with E-state index >= 15 is 0 Å². The molecule has 38 heavy (non-hydrogen) atoms. The average Bonchev–Trinajstić information content (AvgIpc) is 2.81. The molecule has 1 saturated heterocycles. The summed E-state index contributed by atoms with van der Waals surface area (Å²) in [6.45, 7) is 8.43. The van der Waals surface area contributed by atoms with E-state index in [1.807, 2.05) is 13.8 Å². The summed E-state index contributed by atoms with van der Waals surface area (Å²) in [7, 11) is 1.00. The van der Waals surface area contributed by atoms with Gasteiger partial charge in [-0.05, 0) is 38.5 Å². The molecule has 11 heteroatoms. The average molecular weight is 541 g/mol. The molecule has 0 aliphatic carbocycles. The summed E-state index contributed by atoms with van der Waals surface area (Å²) in [5, 5.41) is 16.1. The number of carbonyl (C=O) groups is 3. The van der Waals surface area contributed by atoms with Crippen LogP contribution in [0.3, 0.4) is 0 Å². The topological polar surface area (TPSA) is 107 Å². The van der Waals surface area contributed by atoms with Gasteiger partial charge in [0.1, 0.15) is 29.6 Å². The van der Waals surface area contributed by atoms with Crippen molar-refractivity contribution in [3.63, 3.8) is 0 Å². The zero-order chi connectivity index (χ0) is 29.2. The molecule has 0 aromatic heterocycles. The molecule has 1 heterocycles. The van der Waals surface area contributed by atoms with Crippen LogP contribution in [0.1, 0.15) is 62.0 Å². The largest absolute Gasteiger partial charge is 0.478 e. The molecule has 0 saturated carbocycles. The molecule has 2 N–H and O–H groups in total. The number of rotatable bonds is 6. The van der Waals surface area contributed by atoms with E-state index in [1.54, 1.807) is 20.8 Å². The van der Waals surface area contributed by atoms with Crippen molar-refractivity contribution in [1.82, 2.24) is 9.80 Å². The van der Waals surface area contributed by atoms with Crippen LogP contribution in [0.25, 0.3) is 0 Å². The molecule has 0 radical (unpaired) electrons. The van der Waals surface area contributed by atoms with Crippen molar-refractivity contribution >= 4 is 18.0 Å². The van der Waals surface area contributed by atoms with Crippen LogP contribution in [0.5, 0.6) is 0 Å². The summed E-state index contributed by atoms with van der Waals surface area (Å²) in [5.41, 5.74) is -1.11. The normalized spacial score (nSPS) is 12.7. The van der Waals surface area contributed by atoms with Gasteiger partial charge in [0.25, 0.3) is 0 Å². The molecule has 1 aliphatic heterocycles. The molecule has 0 atom stereocenters. The van der Waals surface area contributed by atoms with E-state index in [-0.39, 0.29) is 30.8 Å². The number of hydrogen-bond acceptors (Lipinski definition) is 5. The van der Waals surface area contributed by atoms with E-state index in [0.717, 1.165) is 24.1 Å². The number of carboxylic acid groups (broad SMARTS) is 1. The number of amides is 2. The van der Waals surface area contributed by atoms with Crippen LogP contribution in [0.15, 0.2) is 36.4 Å². The lowest BCUT2D eigenvalue weighted by molar-refractivity contribution is -0.137. The highest BCUT2D eigenvalue weighted by atomic mass is 19.1. The SMILES string of the molecule is CC.CC(C)(C)OC(=O)N(CC(=O)N1CC(c2cccc(C(=O)O)c2F)C1)Cc1ccc(F)cc1F.CO. The number of halogens is 3. The van der Waals surface area contributed by atoms with Gasteiger partial charge in [0.2, 0.25) is 5.91 Å². The number of likely N-dealkylation sites (tertiary alicyclic amines) is 1. The molecule has 210 valence electrons. The van der Waals surface area contributed by atoms with Crippen LogP contribution in [0.4, 0.5) is 18.0 Å². The number of nitrogens with zero attached hydrogens (tertiary/aromatic N) is 2. The van der Waals surface area contributed by atoms with Crippen molar-refractivity contribution in [2.45, 2.75) is 52.7 Å². The molecule has 2 aromatic carbocycles. The van der Waals surface area contributed by atoms with Crippen molar-refractivity contribution in [2.75, 3.05) is 26.7 Å². The first-order valence-corrected chi connectivity index (χ1v) is 12.0. The lowest BCUT2D eigenvalue weighted by Crippen LogP contribution is -2.53. The second-order valence-electron chi connectivity index (χ2n) is 9.08. The highest BCUT2D eigenvalue weighted by molar-refractivity contribution is 5.88. The predicted octanol–water partition coefficient (Wildman–Crippen LogP) is 4.80. The second-order valence-corrected chi connectivity index (χ2v) is 9.08. The fourth-order valence-corrected chi connectivity index (χ4v) is 3.54. The molecule has 8 nitrogen and oxygen atoms in total. The minimum atomic E-state index is -1.38. The third-order valence-corrected chi connectivity index (χ3v) is 5.29. The van der Waals surface area contributed by atoms with Crippen LogP contribution in [-0.4, -0.2) is 70.3 Å². The van der Waals surface area contributed by atoms with Gasteiger partial charge >= 0.3 is 12.1 Å². The van der Waals surface area contributed by atoms with Gasteiger partial charge in [-0.25, -0.2) is 22.8 Å². The zero-order valence-corrected chi connectivity index (χ0v) is 22.4. The number of aliphatic hydroxyl groups excluding tert-OH is 1. The Labute approximate surface area is 220 Å². The smallest absolute Gasteiger partial charge is 0.411 e. The number of aliphatic hydroxyl groups is 1. The maximum absolute atomic E-state index is 14.5. The van der Waals surface area contributed by atoms with Gasteiger partial charge in [0.05, 0.1) is 12.1 Å². The maximum atomic E-state index is 14.5. The number of carbonyl (C=O) groups excluding carboxylic acids is 2. The van der Waals surface area contributed by atoms with Gasteiger partial charge in [-0.3, -0.25) is 9.69 Å². The second kappa shape index (κ2) is 14.4. The summed E-state index contributed by atoms with van der Waals surface area (Å²) in [6, 6.07) is 6.99. The summed E-state index contributed by atoms with van der Waals surface area (Å²) < 4.78 is 47.2. The number of ether oxygens (including phenoxy) is 1. The van der Waals surface area contributed by atoms with Crippen molar-refractivity contribution in [3.05, 3.63) is 70.5 Å². The van der Waals surface area contributed by atoms with Crippen LogP contribution in [0.2, 0.25) is 0 Å². The molecule has 1 fully saturated rings. The van der Waals surface area contributed by atoms with Gasteiger partial charge in [-0.2, -0.15) is 0 Å². The van der Waals surface area contributed by atoms with E-state index in [9.17, 15) is 27.6 Å². The van der Waals surface area contributed by atoms with Gasteiger partial charge < -0.3 is 19.8 Å². The molecular formula is C27H35F3N2O6. The fourth-order valence-electron chi connectivity index (χ4n) is 3.54. The first kappa shape index (κ1) is 32.4. The van der Waals surface area contributed by atoms with E-state index in [1.165, 1.54) is 23.1 Å². The van der Waals surface area contributed by atoms with E-state index in [4.69, 9.17) is 14.9 Å². The maximum Gasteiger partial charge on any atom is 0.411 e. The minimum Gasteiger partial charge on any atom is -0.478 e. The lowest BCUT2D eigenvalue weighted by atomic mass is 9.89. The van der Waals surface area contributed by atoms with Crippen LogP contribution < -0.4 is 0 Å². The first-order valence-electron chi connectivity index (χ1n) is 12.0. The Kier molecular flexibility index (Phi) is 12.3. The van der Waals surface area contributed by atoms with Crippen LogP contribution in [0, 0.1) is 17.5 Å². The van der Waals surface area contributed by atoms with Crippen molar-refractivity contribution in [3.8, 4) is 0 Å². The Morgan fingerprint density at radius 1 is 1.05 bits per heavy atom. The Morgan fingerprint density at radius 3 is 2.18 bits per heavy atom. The highest BCUT2D eigenvalue weighted by Gasteiger charge is 2.36. The van der Waals surface area contributed by atoms with Crippen molar-refractivity contribution in [2.24, 2.45) is 0 Å². The fraction of sp³-hybridized carbons (Fsp3) is 0.444. The molecule has 2 aromatic rings. The third-order valence-electron chi connectivity index (χ3n) is 5.29. The van der Waals surface area contributed by atoms with Crippen LogP contribution in [-0.2, 0) is 16.1 Å². The van der Waals surface area contributed by atoms with Gasteiger partial charge in [-0.15, -0.1) is 0 Å². The number of benzene rings is 2. The Hall–Kier alpha value is -3.60. The summed E-state index contributed by atoms with van der Waals surface area (Å²) in [4.78, 5) is 39.0. The van der Waals surface area contributed by atoms with Gasteiger partial charge in [-0.1, -0.05) is 32.0 Å². The van der Waals surface area contributed by atoms with Crippen molar-refractivity contribution < 1.29 is 42.5 Å². The predicted molar refractivity (Wildman–Crippen MR) is 135 cm³/mol. The van der Waals surface area contributed by atoms with E-state index in [0.29, 0.717) is 6.07 Å². The molecular weight excluding hydrogens is 505 g/mol. The Morgan fingerprint density at radius 2 is 1.66 bits per heavy atom. The lowest BCUT2D eigenvalue weighted by Gasteiger charge is -2.40. The van der Waals surface area contributed by atoms with Gasteiger partial charge in [0, 0.05) is 37.7 Å². The summed E-state index contributed by atoms with van der Waals surface area (Å²) in [6.07, 6.45) is -0.846. The first-order chi connectivity index (χ1) is 17.9. The molecule has 0 bridgehead atoms. The van der Waals surface area contributed by atoms with Crippen LogP contribution >= 0.6 is 0 Å².